The first-order valence-electron chi connectivity index (χ1n) is 6.99. The fraction of sp³-hybridized carbons (Fsp3) is 0.846. The standard InChI is InChI=1S/C13H24N2O4/c1-2-15(9-7-12(16)17)13(18)14-8-6-11-5-3-4-10-19-11/h11H,2-10H2,1H3,(H,14,18)(H,16,17). The molecule has 110 valence electrons. The van der Waals surface area contributed by atoms with Crippen LogP contribution in [0.25, 0.3) is 0 Å². The highest BCUT2D eigenvalue weighted by Crippen LogP contribution is 2.14. The Labute approximate surface area is 114 Å². The minimum atomic E-state index is -0.887. The van der Waals surface area contributed by atoms with Gasteiger partial charge in [0.25, 0.3) is 0 Å². The van der Waals surface area contributed by atoms with Crippen LogP contribution in [0.2, 0.25) is 0 Å². The van der Waals surface area contributed by atoms with Crippen LogP contribution in [0.4, 0.5) is 4.79 Å². The van der Waals surface area contributed by atoms with Crippen molar-refractivity contribution in [3.8, 4) is 0 Å². The van der Waals surface area contributed by atoms with Gasteiger partial charge in [-0.05, 0) is 32.6 Å². The summed E-state index contributed by atoms with van der Waals surface area (Å²) in [4.78, 5) is 23.8. The molecule has 0 aromatic carbocycles. The zero-order chi connectivity index (χ0) is 14.1. The third kappa shape index (κ3) is 6.42. The number of urea groups is 1. The minimum absolute atomic E-state index is 0.0208. The van der Waals surface area contributed by atoms with E-state index in [1.807, 2.05) is 6.92 Å². The Morgan fingerprint density at radius 2 is 2.21 bits per heavy atom. The molecule has 1 rings (SSSR count). The fourth-order valence-corrected chi connectivity index (χ4v) is 2.12. The molecule has 1 unspecified atom stereocenters. The summed E-state index contributed by atoms with van der Waals surface area (Å²) in [5.74, 6) is -0.887. The summed E-state index contributed by atoms with van der Waals surface area (Å²) in [7, 11) is 0. The lowest BCUT2D eigenvalue weighted by molar-refractivity contribution is -0.137. The first-order chi connectivity index (χ1) is 9.13. The predicted octanol–water partition coefficient (Wildman–Crippen LogP) is 1.45. The molecule has 19 heavy (non-hydrogen) atoms. The van der Waals surface area contributed by atoms with Crippen LogP contribution in [0.5, 0.6) is 0 Å². The summed E-state index contributed by atoms with van der Waals surface area (Å²) < 4.78 is 5.58. The monoisotopic (exact) mass is 272 g/mol. The van der Waals surface area contributed by atoms with Crippen molar-refractivity contribution in [3.63, 3.8) is 0 Å². The minimum Gasteiger partial charge on any atom is -0.481 e. The number of carboxylic acids is 1. The van der Waals surface area contributed by atoms with E-state index in [4.69, 9.17) is 9.84 Å². The zero-order valence-corrected chi connectivity index (χ0v) is 11.6. The Hall–Kier alpha value is -1.30. The second-order valence-electron chi connectivity index (χ2n) is 4.73. The van der Waals surface area contributed by atoms with Crippen LogP contribution in [0.3, 0.4) is 0 Å². The average Bonchev–Trinajstić information content (AvgIpc) is 2.40. The number of hydrogen-bond donors (Lipinski definition) is 2. The molecule has 0 saturated carbocycles. The van der Waals surface area contributed by atoms with Gasteiger partial charge in [0.1, 0.15) is 0 Å². The summed E-state index contributed by atoms with van der Waals surface area (Å²) in [6, 6.07) is -0.195. The Morgan fingerprint density at radius 3 is 2.79 bits per heavy atom. The number of aliphatic carboxylic acids is 1. The topological polar surface area (TPSA) is 78.9 Å². The molecule has 0 aliphatic carbocycles. The number of nitrogens with one attached hydrogen (secondary N) is 1. The SMILES string of the molecule is CCN(CCC(=O)O)C(=O)NCCC1CCCCO1. The first-order valence-corrected chi connectivity index (χ1v) is 6.99. The summed E-state index contributed by atoms with van der Waals surface area (Å²) in [5, 5.41) is 11.4. The highest BCUT2D eigenvalue weighted by molar-refractivity contribution is 5.75. The Morgan fingerprint density at radius 1 is 1.42 bits per heavy atom. The molecule has 1 saturated heterocycles. The fourth-order valence-electron chi connectivity index (χ4n) is 2.12. The van der Waals surface area contributed by atoms with Gasteiger partial charge in [0, 0.05) is 26.2 Å². The van der Waals surface area contributed by atoms with Gasteiger partial charge in [-0.3, -0.25) is 4.79 Å². The highest BCUT2D eigenvalue weighted by Gasteiger charge is 2.15. The van der Waals surface area contributed by atoms with Crippen molar-refractivity contribution in [2.24, 2.45) is 0 Å². The third-order valence-electron chi connectivity index (χ3n) is 3.28. The Balaban J connectivity index is 2.18. The molecular formula is C13H24N2O4. The molecule has 2 amide bonds. The summed E-state index contributed by atoms with van der Waals surface area (Å²) in [6.07, 6.45) is 4.44. The Bertz CT molecular complexity index is 290. The van der Waals surface area contributed by atoms with Crippen LogP contribution in [-0.2, 0) is 9.53 Å². The zero-order valence-electron chi connectivity index (χ0n) is 11.6. The number of nitrogens with zero attached hydrogens (tertiary/aromatic N) is 1. The van der Waals surface area contributed by atoms with Crippen LogP contribution < -0.4 is 5.32 Å². The molecule has 6 nitrogen and oxygen atoms in total. The van der Waals surface area contributed by atoms with Crippen LogP contribution in [-0.4, -0.2) is 54.4 Å². The number of hydrogen-bond acceptors (Lipinski definition) is 3. The third-order valence-corrected chi connectivity index (χ3v) is 3.28. The van der Waals surface area contributed by atoms with E-state index in [1.54, 1.807) is 0 Å². The van der Waals surface area contributed by atoms with Gasteiger partial charge in [-0.15, -0.1) is 0 Å². The maximum absolute atomic E-state index is 11.8. The molecule has 0 aromatic rings. The van der Waals surface area contributed by atoms with Gasteiger partial charge in [-0.2, -0.15) is 0 Å². The van der Waals surface area contributed by atoms with E-state index in [2.05, 4.69) is 5.32 Å². The van der Waals surface area contributed by atoms with E-state index in [-0.39, 0.29) is 25.1 Å². The quantitative estimate of drug-likeness (QED) is 0.735. The first kappa shape index (κ1) is 15.8. The number of rotatable bonds is 7. The van der Waals surface area contributed by atoms with E-state index in [0.717, 1.165) is 25.9 Å². The molecule has 1 atom stereocenters. The maximum atomic E-state index is 11.8. The highest BCUT2D eigenvalue weighted by atomic mass is 16.5. The molecule has 0 radical (unpaired) electrons. The largest absolute Gasteiger partial charge is 0.481 e. The second-order valence-corrected chi connectivity index (χ2v) is 4.73. The van der Waals surface area contributed by atoms with E-state index >= 15 is 0 Å². The van der Waals surface area contributed by atoms with Gasteiger partial charge in [-0.25, -0.2) is 4.79 Å². The van der Waals surface area contributed by atoms with Crippen LogP contribution in [0.1, 0.15) is 39.0 Å². The van der Waals surface area contributed by atoms with Gasteiger partial charge in [0.05, 0.1) is 12.5 Å². The van der Waals surface area contributed by atoms with E-state index in [1.165, 1.54) is 11.3 Å². The molecule has 1 heterocycles. The average molecular weight is 272 g/mol. The van der Waals surface area contributed by atoms with Crippen molar-refractivity contribution < 1.29 is 19.4 Å². The van der Waals surface area contributed by atoms with Crippen molar-refractivity contribution in [2.75, 3.05) is 26.2 Å². The molecular weight excluding hydrogens is 248 g/mol. The maximum Gasteiger partial charge on any atom is 0.317 e. The lowest BCUT2D eigenvalue weighted by Gasteiger charge is -2.24. The Kier molecular flexibility index (Phi) is 7.25. The molecule has 0 bridgehead atoms. The van der Waals surface area contributed by atoms with Gasteiger partial charge in [-0.1, -0.05) is 0 Å². The van der Waals surface area contributed by atoms with Crippen molar-refractivity contribution >= 4 is 12.0 Å². The van der Waals surface area contributed by atoms with Crippen LogP contribution in [0.15, 0.2) is 0 Å². The molecule has 0 spiro atoms. The van der Waals surface area contributed by atoms with E-state index < -0.39 is 5.97 Å². The van der Waals surface area contributed by atoms with Crippen LogP contribution in [0, 0.1) is 0 Å². The van der Waals surface area contributed by atoms with Gasteiger partial charge in [0.2, 0.25) is 0 Å². The molecule has 2 N–H and O–H groups in total. The second kappa shape index (κ2) is 8.74. The van der Waals surface area contributed by atoms with E-state index in [0.29, 0.717) is 13.1 Å². The molecule has 1 aliphatic heterocycles. The lowest BCUT2D eigenvalue weighted by Crippen LogP contribution is -2.42. The van der Waals surface area contributed by atoms with Gasteiger partial charge < -0.3 is 20.1 Å². The number of carbonyl (C=O) groups is 2. The summed E-state index contributed by atoms with van der Waals surface area (Å²) >= 11 is 0. The predicted molar refractivity (Wildman–Crippen MR) is 71.1 cm³/mol. The molecule has 1 fully saturated rings. The van der Waals surface area contributed by atoms with Gasteiger partial charge >= 0.3 is 12.0 Å². The van der Waals surface area contributed by atoms with Crippen molar-refractivity contribution in [2.45, 2.75) is 45.1 Å². The van der Waals surface area contributed by atoms with E-state index in [9.17, 15) is 9.59 Å². The molecule has 0 aromatic heterocycles. The van der Waals surface area contributed by atoms with Crippen LogP contribution >= 0.6 is 0 Å². The molecule has 6 heteroatoms. The smallest absolute Gasteiger partial charge is 0.317 e. The van der Waals surface area contributed by atoms with Crippen molar-refractivity contribution in [1.29, 1.82) is 0 Å². The summed E-state index contributed by atoms with van der Waals surface area (Å²) in [6.45, 7) is 3.99. The van der Waals surface area contributed by atoms with Crippen molar-refractivity contribution in [1.82, 2.24) is 10.2 Å². The normalized spacial score (nSPS) is 18.9. The van der Waals surface area contributed by atoms with Crippen molar-refractivity contribution in [3.05, 3.63) is 0 Å². The number of carbonyl (C=O) groups excluding carboxylic acids is 1. The summed E-state index contributed by atoms with van der Waals surface area (Å²) in [5.41, 5.74) is 0. The van der Waals surface area contributed by atoms with Gasteiger partial charge in [0.15, 0.2) is 0 Å². The number of carboxylic acid groups (broad SMARTS) is 1. The molecule has 1 aliphatic rings. The number of amides is 2. The lowest BCUT2D eigenvalue weighted by atomic mass is 10.1. The number of ether oxygens (including phenoxy) is 1.